The monoisotopic (exact) mass is 343 g/mol. The van der Waals surface area contributed by atoms with Crippen LogP contribution in [0.15, 0.2) is 4.79 Å². The van der Waals surface area contributed by atoms with Crippen LogP contribution < -0.4 is 5.69 Å². The fourth-order valence-electron chi connectivity index (χ4n) is 3.09. The van der Waals surface area contributed by atoms with Crippen molar-refractivity contribution >= 4 is 10.2 Å². The Morgan fingerprint density at radius 1 is 1.17 bits per heavy atom. The molecule has 0 N–H and O–H groups in total. The minimum absolute atomic E-state index is 0.0503. The lowest BCUT2D eigenvalue weighted by Gasteiger charge is -2.28. The van der Waals surface area contributed by atoms with Crippen LogP contribution in [0, 0.1) is 5.92 Å². The maximum atomic E-state index is 12.4. The molecule has 0 aromatic carbocycles. The van der Waals surface area contributed by atoms with Gasteiger partial charge in [-0.15, -0.1) is 0 Å². The summed E-state index contributed by atoms with van der Waals surface area (Å²) in [4.78, 5) is 12.4. The van der Waals surface area contributed by atoms with Crippen LogP contribution in [0.2, 0.25) is 0 Å². The Morgan fingerprint density at radius 2 is 1.87 bits per heavy atom. The Labute approximate surface area is 136 Å². The molecule has 0 bridgehead atoms. The molecule has 2 aliphatic rings. The Balaban J connectivity index is 1.74. The highest BCUT2D eigenvalue weighted by Gasteiger charge is 2.31. The van der Waals surface area contributed by atoms with Gasteiger partial charge in [-0.2, -0.15) is 22.1 Å². The SMILES string of the molecule is CN(C)S(=O)(=O)N(C)C1CCc2nn(CC3CC3)c(=O)n2CC1. The van der Waals surface area contributed by atoms with Crippen LogP contribution in [0.25, 0.3) is 0 Å². The van der Waals surface area contributed by atoms with Crippen molar-refractivity contribution in [2.75, 3.05) is 21.1 Å². The fourth-order valence-corrected chi connectivity index (χ4v) is 4.19. The highest BCUT2D eigenvalue weighted by Crippen LogP contribution is 2.30. The second kappa shape index (κ2) is 6.03. The van der Waals surface area contributed by atoms with Crippen LogP contribution in [0.1, 0.15) is 31.5 Å². The van der Waals surface area contributed by atoms with E-state index in [1.54, 1.807) is 16.3 Å². The smallest absolute Gasteiger partial charge is 0.279 e. The van der Waals surface area contributed by atoms with E-state index in [0.29, 0.717) is 31.7 Å². The van der Waals surface area contributed by atoms with E-state index in [-0.39, 0.29) is 11.7 Å². The van der Waals surface area contributed by atoms with Crippen molar-refractivity contribution in [3.63, 3.8) is 0 Å². The van der Waals surface area contributed by atoms with Crippen LogP contribution in [0.4, 0.5) is 0 Å². The van der Waals surface area contributed by atoms with Gasteiger partial charge in [-0.1, -0.05) is 0 Å². The van der Waals surface area contributed by atoms with Crippen LogP contribution in [-0.2, 0) is 29.7 Å². The first kappa shape index (κ1) is 16.7. The minimum Gasteiger partial charge on any atom is -0.279 e. The summed E-state index contributed by atoms with van der Waals surface area (Å²) in [6, 6.07) is -0.111. The zero-order valence-corrected chi connectivity index (χ0v) is 14.8. The molecule has 3 rings (SSSR count). The lowest BCUT2D eigenvalue weighted by atomic mass is 10.1. The van der Waals surface area contributed by atoms with Gasteiger partial charge in [-0.05, 0) is 31.6 Å². The molecule has 23 heavy (non-hydrogen) atoms. The Morgan fingerprint density at radius 3 is 2.48 bits per heavy atom. The third kappa shape index (κ3) is 3.22. The van der Waals surface area contributed by atoms with Crippen molar-refractivity contribution in [1.29, 1.82) is 0 Å². The second-order valence-electron chi connectivity index (χ2n) is 6.76. The molecule has 1 aromatic heterocycles. The standard InChI is InChI=1S/C14H25N5O3S/c1-16(2)23(21,22)17(3)12-6-7-13-15-19(10-11-4-5-11)14(20)18(13)9-8-12/h11-12H,4-10H2,1-3H3. The molecule has 9 heteroatoms. The number of nitrogens with zero attached hydrogens (tertiary/aromatic N) is 5. The molecule has 0 amide bonds. The quantitative estimate of drug-likeness (QED) is 0.748. The largest absolute Gasteiger partial charge is 0.345 e. The van der Waals surface area contributed by atoms with Gasteiger partial charge < -0.3 is 0 Å². The maximum Gasteiger partial charge on any atom is 0.345 e. The summed E-state index contributed by atoms with van der Waals surface area (Å²) in [5.74, 6) is 1.39. The first-order chi connectivity index (χ1) is 10.8. The fraction of sp³-hybridized carbons (Fsp3) is 0.857. The number of rotatable bonds is 5. The molecule has 1 saturated carbocycles. The lowest BCUT2D eigenvalue weighted by molar-refractivity contribution is 0.310. The molecule has 0 spiro atoms. The number of aromatic nitrogens is 3. The normalized spacial score (nSPS) is 22.4. The molecule has 0 saturated heterocycles. The molecule has 1 aromatic rings. The van der Waals surface area contributed by atoms with Crippen molar-refractivity contribution in [3.8, 4) is 0 Å². The van der Waals surface area contributed by atoms with E-state index < -0.39 is 10.2 Å². The highest BCUT2D eigenvalue weighted by molar-refractivity contribution is 7.86. The van der Waals surface area contributed by atoms with Crippen molar-refractivity contribution in [2.45, 2.75) is 51.2 Å². The molecular formula is C14H25N5O3S. The van der Waals surface area contributed by atoms with Gasteiger partial charge in [0.15, 0.2) is 0 Å². The number of hydrogen-bond acceptors (Lipinski definition) is 4. The molecule has 1 atom stereocenters. The van der Waals surface area contributed by atoms with Gasteiger partial charge >= 0.3 is 5.69 Å². The van der Waals surface area contributed by atoms with Gasteiger partial charge in [0.2, 0.25) is 0 Å². The summed E-state index contributed by atoms with van der Waals surface area (Å²) in [6.07, 6.45) is 4.31. The predicted molar refractivity (Wildman–Crippen MR) is 86.3 cm³/mol. The summed E-state index contributed by atoms with van der Waals surface area (Å²) in [5.41, 5.74) is -0.0503. The number of fused-ring (bicyclic) bond motifs is 1. The van der Waals surface area contributed by atoms with E-state index in [1.165, 1.54) is 35.5 Å². The topological polar surface area (TPSA) is 80.4 Å². The maximum absolute atomic E-state index is 12.4. The molecule has 1 fully saturated rings. The van der Waals surface area contributed by atoms with Crippen LogP contribution in [0.5, 0.6) is 0 Å². The van der Waals surface area contributed by atoms with Crippen LogP contribution in [-0.4, -0.2) is 58.6 Å². The molecule has 1 unspecified atom stereocenters. The van der Waals surface area contributed by atoms with Crippen molar-refractivity contribution in [3.05, 3.63) is 16.3 Å². The van der Waals surface area contributed by atoms with Gasteiger partial charge in [0.25, 0.3) is 10.2 Å². The zero-order chi connectivity index (χ0) is 16.8. The lowest BCUT2D eigenvalue weighted by Crippen LogP contribution is -2.44. The molecule has 1 aliphatic carbocycles. The van der Waals surface area contributed by atoms with Gasteiger partial charge in [0.1, 0.15) is 5.82 Å². The van der Waals surface area contributed by atoms with Crippen LogP contribution >= 0.6 is 0 Å². The number of hydrogen-bond donors (Lipinski definition) is 0. The summed E-state index contributed by atoms with van der Waals surface area (Å²) in [7, 11) is 1.24. The first-order valence-electron chi connectivity index (χ1n) is 8.12. The second-order valence-corrected chi connectivity index (χ2v) is 8.97. The molecule has 130 valence electrons. The molecule has 1 aliphatic heterocycles. The Hall–Kier alpha value is -1.19. The summed E-state index contributed by atoms with van der Waals surface area (Å²) in [6.45, 7) is 1.24. The van der Waals surface area contributed by atoms with E-state index in [2.05, 4.69) is 5.10 Å². The summed E-state index contributed by atoms with van der Waals surface area (Å²) >= 11 is 0. The van der Waals surface area contributed by atoms with Gasteiger partial charge in [-0.25, -0.2) is 9.48 Å². The van der Waals surface area contributed by atoms with Crippen LogP contribution in [0.3, 0.4) is 0 Å². The van der Waals surface area contributed by atoms with Crippen molar-refractivity contribution in [1.82, 2.24) is 23.0 Å². The van der Waals surface area contributed by atoms with Crippen molar-refractivity contribution in [2.24, 2.45) is 5.92 Å². The average Bonchev–Trinajstić information content (AvgIpc) is 3.28. The van der Waals surface area contributed by atoms with Crippen molar-refractivity contribution < 1.29 is 8.42 Å². The first-order valence-corrected chi connectivity index (χ1v) is 9.52. The third-order valence-electron chi connectivity index (χ3n) is 4.85. The molecular weight excluding hydrogens is 318 g/mol. The van der Waals surface area contributed by atoms with Gasteiger partial charge in [-0.3, -0.25) is 4.57 Å². The summed E-state index contributed by atoms with van der Waals surface area (Å²) < 4.78 is 30.5. The molecule has 2 heterocycles. The average molecular weight is 343 g/mol. The van der Waals surface area contributed by atoms with Gasteiger partial charge in [0.05, 0.1) is 0 Å². The van der Waals surface area contributed by atoms with Gasteiger partial charge in [0, 0.05) is 46.7 Å². The molecule has 0 radical (unpaired) electrons. The van der Waals surface area contributed by atoms with E-state index in [0.717, 1.165) is 12.4 Å². The zero-order valence-electron chi connectivity index (χ0n) is 14.0. The van der Waals surface area contributed by atoms with E-state index in [9.17, 15) is 13.2 Å². The number of aryl methyl sites for hydroxylation is 1. The van der Waals surface area contributed by atoms with E-state index >= 15 is 0 Å². The third-order valence-corrected chi connectivity index (χ3v) is 6.80. The van der Waals surface area contributed by atoms with E-state index in [4.69, 9.17) is 0 Å². The predicted octanol–water partition coefficient (Wildman–Crippen LogP) is -0.102. The Kier molecular flexibility index (Phi) is 4.37. The summed E-state index contributed by atoms with van der Waals surface area (Å²) in [5, 5.41) is 4.47. The Bertz CT molecular complexity index is 732. The van der Waals surface area contributed by atoms with E-state index in [1.807, 2.05) is 0 Å². The molecule has 8 nitrogen and oxygen atoms in total. The minimum atomic E-state index is -3.44. The highest BCUT2D eigenvalue weighted by atomic mass is 32.2.